The molecule has 0 saturated heterocycles. The van der Waals surface area contributed by atoms with Gasteiger partial charge in [0.25, 0.3) is 0 Å². The Bertz CT molecular complexity index is 131. The van der Waals surface area contributed by atoms with Gasteiger partial charge in [-0.3, -0.25) is 0 Å². The zero-order valence-electron chi connectivity index (χ0n) is 12.0. The Morgan fingerprint density at radius 2 is 1.56 bits per heavy atom. The van der Waals surface area contributed by atoms with Crippen molar-refractivity contribution in [3.05, 3.63) is 0 Å². The third kappa shape index (κ3) is 12.0. The minimum Gasteiger partial charge on any atom is -0.316 e. The van der Waals surface area contributed by atoms with E-state index in [1.54, 1.807) is 0 Å². The lowest BCUT2D eigenvalue weighted by Gasteiger charge is -2.12. The van der Waals surface area contributed by atoms with Gasteiger partial charge in [0.15, 0.2) is 0 Å². The van der Waals surface area contributed by atoms with Gasteiger partial charge in [-0.2, -0.15) is 0 Å². The number of rotatable bonds is 11. The Balaban J connectivity index is 3.15. The molecule has 98 valence electrons. The highest BCUT2D eigenvalue weighted by atomic mass is 14.8. The van der Waals surface area contributed by atoms with Gasteiger partial charge in [0.1, 0.15) is 0 Å². The van der Waals surface area contributed by atoms with Crippen LogP contribution in [0.4, 0.5) is 0 Å². The van der Waals surface area contributed by atoms with E-state index in [1.165, 1.54) is 58.0 Å². The normalized spacial score (nSPS) is 13.3. The third-order valence-electron chi connectivity index (χ3n) is 3.17. The van der Waals surface area contributed by atoms with Crippen molar-refractivity contribution in [3.8, 4) is 0 Å². The van der Waals surface area contributed by atoms with Crippen LogP contribution >= 0.6 is 0 Å². The molecule has 0 bridgehead atoms. The molecular formula is C15H33N. The monoisotopic (exact) mass is 227 g/mol. The fourth-order valence-corrected chi connectivity index (χ4v) is 1.98. The summed E-state index contributed by atoms with van der Waals surface area (Å²) in [5.74, 6) is 1.69. The second-order valence-electron chi connectivity index (χ2n) is 5.69. The Kier molecular flexibility index (Phi) is 11.4. The second-order valence-corrected chi connectivity index (χ2v) is 5.69. The highest BCUT2D eigenvalue weighted by molar-refractivity contribution is 4.58. The summed E-state index contributed by atoms with van der Waals surface area (Å²) in [6.07, 6.45) is 9.87. The van der Waals surface area contributed by atoms with Crippen molar-refractivity contribution in [3.63, 3.8) is 0 Å². The van der Waals surface area contributed by atoms with Crippen LogP contribution < -0.4 is 5.32 Å². The molecule has 1 unspecified atom stereocenters. The van der Waals surface area contributed by atoms with Crippen LogP contribution in [0.3, 0.4) is 0 Å². The van der Waals surface area contributed by atoms with Gasteiger partial charge in [-0.05, 0) is 31.3 Å². The summed E-state index contributed by atoms with van der Waals surface area (Å²) in [4.78, 5) is 0. The van der Waals surface area contributed by atoms with Crippen LogP contribution in [-0.4, -0.2) is 13.1 Å². The minimum absolute atomic E-state index is 0.782. The average Bonchev–Trinajstić information content (AvgIpc) is 2.24. The van der Waals surface area contributed by atoms with Crippen molar-refractivity contribution in [1.82, 2.24) is 5.32 Å². The van der Waals surface area contributed by atoms with Gasteiger partial charge in [-0.1, -0.05) is 66.2 Å². The highest BCUT2D eigenvalue weighted by Gasteiger charge is 2.01. The zero-order valence-corrected chi connectivity index (χ0v) is 12.0. The zero-order chi connectivity index (χ0) is 12.2. The smallest absolute Gasteiger partial charge is 0.00258 e. The van der Waals surface area contributed by atoms with Crippen LogP contribution in [-0.2, 0) is 0 Å². The first-order valence-electron chi connectivity index (χ1n) is 7.37. The topological polar surface area (TPSA) is 12.0 Å². The molecule has 0 radical (unpaired) electrons. The van der Waals surface area contributed by atoms with Gasteiger partial charge in [-0.25, -0.2) is 0 Å². The van der Waals surface area contributed by atoms with Gasteiger partial charge in [0.2, 0.25) is 0 Å². The molecule has 0 spiro atoms. The number of nitrogens with one attached hydrogen (secondary N) is 1. The summed E-state index contributed by atoms with van der Waals surface area (Å²) in [6.45, 7) is 11.6. The SMILES string of the molecule is CCCCCCCC(C)CCNCC(C)C. The highest BCUT2D eigenvalue weighted by Crippen LogP contribution is 2.13. The molecule has 1 atom stereocenters. The lowest BCUT2D eigenvalue weighted by Crippen LogP contribution is -2.22. The van der Waals surface area contributed by atoms with E-state index in [4.69, 9.17) is 0 Å². The maximum atomic E-state index is 3.53. The number of hydrogen-bond acceptors (Lipinski definition) is 1. The standard InChI is InChI=1S/C15H33N/c1-5-6-7-8-9-10-15(4)11-12-16-13-14(2)3/h14-16H,5-13H2,1-4H3. The molecule has 1 nitrogen and oxygen atoms in total. The first-order valence-corrected chi connectivity index (χ1v) is 7.37. The fraction of sp³-hybridized carbons (Fsp3) is 1.00. The third-order valence-corrected chi connectivity index (χ3v) is 3.17. The van der Waals surface area contributed by atoms with Crippen LogP contribution in [0.25, 0.3) is 0 Å². The summed E-state index contributed by atoms with van der Waals surface area (Å²) >= 11 is 0. The lowest BCUT2D eigenvalue weighted by molar-refractivity contribution is 0.433. The van der Waals surface area contributed by atoms with Gasteiger partial charge >= 0.3 is 0 Å². The summed E-state index contributed by atoms with van der Waals surface area (Å²) in [5.41, 5.74) is 0. The van der Waals surface area contributed by atoms with E-state index in [2.05, 4.69) is 33.0 Å². The van der Waals surface area contributed by atoms with Crippen LogP contribution in [0.15, 0.2) is 0 Å². The summed E-state index contributed by atoms with van der Waals surface area (Å²) in [7, 11) is 0. The maximum Gasteiger partial charge on any atom is -0.00258 e. The molecule has 1 N–H and O–H groups in total. The molecule has 0 aliphatic carbocycles. The van der Waals surface area contributed by atoms with E-state index in [0.29, 0.717) is 0 Å². The molecule has 0 heterocycles. The molecule has 0 aliphatic rings. The van der Waals surface area contributed by atoms with E-state index in [0.717, 1.165) is 11.8 Å². The van der Waals surface area contributed by atoms with Crippen molar-refractivity contribution < 1.29 is 0 Å². The van der Waals surface area contributed by atoms with Gasteiger partial charge < -0.3 is 5.32 Å². The molecule has 0 amide bonds. The lowest BCUT2D eigenvalue weighted by atomic mass is 9.99. The van der Waals surface area contributed by atoms with Crippen LogP contribution in [0, 0.1) is 11.8 Å². The van der Waals surface area contributed by atoms with Crippen molar-refractivity contribution >= 4 is 0 Å². The number of hydrogen-bond donors (Lipinski definition) is 1. The van der Waals surface area contributed by atoms with Crippen molar-refractivity contribution in [1.29, 1.82) is 0 Å². The Hall–Kier alpha value is -0.0400. The van der Waals surface area contributed by atoms with Crippen LogP contribution in [0.5, 0.6) is 0 Å². The molecular weight excluding hydrogens is 194 g/mol. The van der Waals surface area contributed by atoms with E-state index >= 15 is 0 Å². The summed E-state index contributed by atoms with van der Waals surface area (Å²) in [5, 5.41) is 3.53. The number of unbranched alkanes of at least 4 members (excludes halogenated alkanes) is 4. The van der Waals surface area contributed by atoms with E-state index < -0.39 is 0 Å². The molecule has 0 aromatic rings. The van der Waals surface area contributed by atoms with Crippen LogP contribution in [0.2, 0.25) is 0 Å². The Labute approximate surface area is 103 Å². The molecule has 0 aromatic carbocycles. The molecule has 0 aromatic heterocycles. The first kappa shape index (κ1) is 16.0. The Morgan fingerprint density at radius 3 is 2.19 bits per heavy atom. The maximum absolute atomic E-state index is 3.53. The predicted octanol–water partition coefficient (Wildman–Crippen LogP) is 4.62. The van der Waals surface area contributed by atoms with Gasteiger partial charge in [0, 0.05) is 0 Å². The van der Waals surface area contributed by atoms with Crippen molar-refractivity contribution in [2.24, 2.45) is 11.8 Å². The molecule has 0 rings (SSSR count). The molecule has 0 saturated carbocycles. The van der Waals surface area contributed by atoms with Gasteiger partial charge in [-0.15, -0.1) is 0 Å². The first-order chi connectivity index (χ1) is 7.66. The molecule has 0 fully saturated rings. The van der Waals surface area contributed by atoms with Gasteiger partial charge in [0.05, 0.1) is 0 Å². The largest absolute Gasteiger partial charge is 0.316 e. The minimum atomic E-state index is 0.782. The predicted molar refractivity (Wildman–Crippen MR) is 74.9 cm³/mol. The Morgan fingerprint density at radius 1 is 0.875 bits per heavy atom. The van der Waals surface area contributed by atoms with Crippen LogP contribution in [0.1, 0.15) is 72.6 Å². The summed E-state index contributed by atoms with van der Waals surface area (Å²) in [6, 6.07) is 0. The fourth-order valence-electron chi connectivity index (χ4n) is 1.98. The molecule has 1 heteroatoms. The van der Waals surface area contributed by atoms with E-state index in [1.807, 2.05) is 0 Å². The quantitative estimate of drug-likeness (QED) is 0.508. The average molecular weight is 227 g/mol. The second kappa shape index (κ2) is 11.4. The van der Waals surface area contributed by atoms with E-state index in [-0.39, 0.29) is 0 Å². The van der Waals surface area contributed by atoms with E-state index in [9.17, 15) is 0 Å². The summed E-state index contributed by atoms with van der Waals surface area (Å²) < 4.78 is 0. The van der Waals surface area contributed by atoms with Crippen molar-refractivity contribution in [2.75, 3.05) is 13.1 Å². The van der Waals surface area contributed by atoms with Crippen molar-refractivity contribution in [2.45, 2.75) is 72.6 Å². The molecule has 0 aliphatic heterocycles. The molecule has 16 heavy (non-hydrogen) atoms.